The van der Waals surface area contributed by atoms with Gasteiger partial charge in [-0.05, 0) is 79.3 Å². The lowest BCUT2D eigenvalue weighted by Gasteiger charge is -2.40. The van der Waals surface area contributed by atoms with E-state index in [1.807, 2.05) is 25.3 Å². The fraction of sp³-hybridized carbons (Fsp3) is 0.538. The molecule has 1 amide bonds. The lowest BCUT2D eigenvalue weighted by molar-refractivity contribution is 0.129. The number of methoxy groups -OCH3 is 1. The number of carbonyl (C=O) groups is 1. The SMILES string of the molecule is COc1ccc(-c2ccnc(C)c2)cc1CNC1CCC(C(NC(=O)O)C(C)(C)C)CC1. The maximum Gasteiger partial charge on any atom is 0.404 e. The van der Waals surface area contributed by atoms with Gasteiger partial charge in [0.25, 0.3) is 0 Å². The van der Waals surface area contributed by atoms with Crippen LogP contribution in [0.15, 0.2) is 36.5 Å². The number of rotatable bonds is 7. The molecule has 6 heteroatoms. The number of hydrogen-bond acceptors (Lipinski definition) is 4. The highest BCUT2D eigenvalue weighted by molar-refractivity contribution is 5.66. The van der Waals surface area contributed by atoms with Gasteiger partial charge >= 0.3 is 6.09 Å². The van der Waals surface area contributed by atoms with Gasteiger partial charge in [-0.2, -0.15) is 0 Å². The van der Waals surface area contributed by atoms with Gasteiger partial charge in [-0.3, -0.25) is 4.98 Å². The van der Waals surface area contributed by atoms with Crippen molar-refractivity contribution in [1.29, 1.82) is 0 Å². The molecule has 0 saturated heterocycles. The molecule has 1 unspecified atom stereocenters. The molecule has 174 valence electrons. The highest BCUT2D eigenvalue weighted by Gasteiger charge is 2.35. The maximum absolute atomic E-state index is 11.3. The molecule has 1 saturated carbocycles. The second kappa shape index (κ2) is 10.3. The topological polar surface area (TPSA) is 83.5 Å². The van der Waals surface area contributed by atoms with Crippen molar-refractivity contribution in [2.24, 2.45) is 11.3 Å². The first-order valence-corrected chi connectivity index (χ1v) is 11.5. The van der Waals surface area contributed by atoms with Crippen LogP contribution >= 0.6 is 0 Å². The minimum absolute atomic E-state index is 0.0263. The molecule has 6 nitrogen and oxygen atoms in total. The number of pyridine rings is 1. The molecular weight excluding hydrogens is 402 g/mol. The number of ether oxygens (including phenoxy) is 1. The standard InChI is InChI=1S/C26H37N3O3/c1-17-14-20(12-13-27-17)19-8-11-23(32-5)21(15-19)16-28-22-9-6-18(7-10-22)24(26(2,3)4)29-25(30)31/h8,11-15,18,22,24,28-29H,6-7,9-10,16H2,1-5H3,(H,30,31). The summed E-state index contributed by atoms with van der Waals surface area (Å²) in [5.74, 6) is 1.26. The lowest BCUT2D eigenvalue weighted by Crippen LogP contribution is -2.50. The number of carboxylic acid groups (broad SMARTS) is 1. The third-order valence-corrected chi connectivity index (χ3v) is 6.55. The molecule has 32 heavy (non-hydrogen) atoms. The second-order valence-electron chi connectivity index (χ2n) is 10.00. The van der Waals surface area contributed by atoms with E-state index in [4.69, 9.17) is 4.74 Å². The van der Waals surface area contributed by atoms with E-state index in [1.54, 1.807) is 7.11 Å². The van der Waals surface area contributed by atoms with Gasteiger partial charge < -0.3 is 20.5 Å². The average molecular weight is 440 g/mol. The van der Waals surface area contributed by atoms with Gasteiger partial charge in [-0.1, -0.05) is 26.8 Å². The van der Waals surface area contributed by atoms with Crippen molar-refractivity contribution in [3.05, 3.63) is 47.8 Å². The van der Waals surface area contributed by atoms with Crippen molar-refractivity contribution in [2.75, 3.05) is 7.11 Å². The number of aryl methyl sites for hydroxylation is 1. The predicted molar refractivity (Wildman–Crippen MR) is 128 cm³/mol. The van der Waals surface area contributed by atoms with Crippen LogP contribution in [0.4, 0.5) is 4.79 Å². The highest BCUT2D eigenvalue weighted by Crippen LogP contribution is 2.35. The normalized spacial score (nSPS) is 19.9. The molecule has 1 atom stereocenters. The van der Waals surface area contributed by atoms with Crippen LogP contribution < -0.4 is 15.4 Å². The molecule has 1 aliphatic rings. The quantitative estimate of drug-likeness (QED) is 0.538. The summed E-state index contributed by atoms with van der Waals surface area (Å²) in [6, 6.07) is 10.8. The number of amides is 1. The molecule has 1 heterocycles. The van der Waals surface area contributed by atoms with Crippen LogP contribution in [0.5, 0.6) is 5.75 Å². The summed E-state index contributed by atoms with van der Waals surface area (Å²) in [6.07, 6.45) is 5.05. The third-order valence-electron chi connectivity index (χ3n) is 6.55. The highest BCUT2D eigenvalue weighted by atomic mass is 16.5. The Morgan fingerprint density at radius 2 is 1.84 bits per heavy atom. The molecule has 0 aliphatic heterocycles. The summed E-state index contributed by atoms with van der Waals surface area (Å²) in [5.41, 5.74) is 4.36. The van der Waals surface area contributed by atoms with Crippen molar-refractivity contribution < 1.29 is 14.6 Å². The zero-order chi connectivity index (χ0) is 23.3. The van der Waals surface area contributed by atoms with Gasteiger partial charge in [-0.25, -0.2) is 4.79 Å². The Hall–Kier alpha value is -2.60. The van der Waals surface area contributed by atoms with E-state index in [2.05, 4.69) is 54.6 Å². The van der Waals surface area contributed by atoms with Crippen LogP contribution in [0.2, 0.25) is 0 Å². The first kappa shape index (κ1) is 24.1. The van der Waals surface area contributed by atoms with Gasteiger partial charge in [0.1, 0.15) is 5.75 Å². The van der Waals surface area contributed by atoms with Crippen LogP contribution in [-0.2, 0) is 6.54 Å². The summed E-state index contributed by atoms with van der Waals surface area (Å²) in [4.78, 5) is 15.6. The number of nitrogens with zero attached hydrogens (tertiary/aromatic N) is 1. The monoisotopic (exact) mass is 439 g/mol. The molecule has 1 fully saturated rings. The van der Waals surface area contributed by atoms with E-state index >= 15 is 0 Å². The fourth-order valence-corrected chi connectivity index (χ4v) is 4.91. The molecular formula is C26H37N3O3. The van der Waals surface area contributed by atoms with Crippen molar-refractivity contribution in [3.8, 4) is 16.9 Å². The summed E-state index contributed by atoms with van der Waals surface area (Å²) >= 11 is 0. The van der Waals surface area contributed by atoms with Crippen LogP contribution in [0.3, 0.4) is 0 Å². The largest absolute Gasteiger partial charge is 0.496 e. The summed E-state index contributed by atoms with van der Waals surface area (Å²) in [6.45, 7) is 9.08. The number of aromatic nitrogens is 1. The Balaban J connectivity index is 1.63. The van der Waals surface area contributed by atoms with Crippen LogP contribution in [0.25, 0.3) is 11.1 Å². The molecule has 3 rings (SSSR count). The Labute approximate surface area is 191 Å². The third kappa shape index (κ3) is 6.22. The second-order valence-corrected chi connectivity index (χ2v) is 10.00. The van der Waals surface area contributed by atoms with E-state index in [0.717, 1.165) is 60.4 Å². The van der Waals surface area contributed by atoms with Gasteiger partial charge in [0, 0.05) is 36.1 Å². The molecule has 1 aromatic carbocycles. The summed E-state index contributed by atoms with van der Waals surface area (Å²) in [5, 5.41) is 15.8. The lowest BCUT2D eigenvalue weighted by atomic mass is 9.72. The Bertz CT molecular complexity index is 915. The number of hydrogen-bond donors (Lipinski definition) is 3. The van der Waals surface area contributed by atoms with Gasteiger partial charge in [0.05, 0.1) is 7.11 Å². The molecule has 0 bridgehead atoms. The van der Waals surface area contributed by atoms with Crippen molar-refractivity contribution in [2.45, 2.75) is 72.0 Å². The van der Waals surface area contributed by atoms with E-state index in [-0.39, 0.29) is 11.5 Å². The van der Waals surface area contributed by atoms with Crippen molar-refractivity contribution in [1.82, 2.24) is 15.6 Å². The molecule has 1 aromatic heterocycles. The van der Waals surface area contributed by atoms with Crippen LogP contribution in [0, 0.1) is 18.3 Å². The van der Waals surface area contributed by atoms with Gasteiger partial charge in [0.2, 0.25) is 0 Å². The summed E-state index contributed by atoms with van der Waals surface area (Å²) in [7, 11) is 1.71. The van der Waals surface area contributed by atoms with Crippen LogP contribution in [0.1, 0.15) is 57.7 Å². The summed E-state index contributed by atoms with van der Waals surface area (Å²) < 4.78 is 5.61. The Kier molecular flexibility index (Phi) is 7.77. The van der Waals surface area contributed by atoms with Crippen LogP contribution in [-0.4, -0.2) is 35.4 Å². The molecule has 2 aromatic rings. The smallest absolute Gasteiger partial charge is 0.404 e. The fourth-order valence-electron chi connectivity index (χ4n) is 4.91. The Morgan fingerprint density at radius 3 is 2.44 bits per heavy atom. The molecule has 3 N–H and O–H groups in total. The molecule has 1 aliphatic carbocycles. The first-order valence-electron chi connectivity index (χ1n) is 11.5. The van der Waals surface area contributed by atoms with E-state index in [1.165, 1.54) is 0 Å². The van der Waals surface area contributed by atoms with Gasteiger partial charge in [-0.15, -0.1) is 0 Å². The minimum atomic E-state index is -0.929. The zero-order valence-corrected chi connectivity index (χ0v) is 19.9. The van der Waals surface area contributed by atoms with E-state index < -0.39 is 6.09 Å². The van der Waals surface area contributed by atoms with E-state index in [9.17, 15) is 9.90 Å². The molecule has 0 radical (unpaired) electrons. The number of nitrogens with one attached hydrogen (secondary N) is 2. The van der Waals surface area contributed by atoms with Crippen molar-refractivity contribution in [3.63, 3.8) is 0 Å². The van der Waals surface area contributed by atoms with Crippen molar-refractivity contribution >= 4 is 6.09 Å². The molecule has 0 spiro atoms. The minimum Gasteiger partial charge on any atom is -0.496 e. The maximum atomic E-state index is 11.3. The average Bonchev–Trinajstić information content (AvgIpc) is 2.75. The van der Waals surface area contributed by atoms with Gasteiger partial charge in [0.15, 0.2) is 0 Å². The Morgan fingerprint density at radius 1 is 1.16 bits per heavy atom. The predicted octanol–water partition coefficient (Wildman–Crippen LogP) is 5.40. The number of benzene rings is 1. The zero-order valence-electron chi connectivity index (χ0n) is 19.9. The first-order chi connectivity index (χ1) is 15.2. The van der Waals surface area contributed by atoms with E-state index in [0.29, 0.717) is 12.0 Å².